The van der Waals surface area contributed by atoms with E-state index in [0.29, 0.717) is 0 Å². The Morgan fingerprint density at radius 3 is 2.45 bits per heavy atom. The first kappa shape index (κ1) is 16.1. The molecule has 0 bridgehead atoms. The normalized spacial score (nSPS) is 13.2. The highest BCUT2D eigenvalue weighted by molar-refractivity contribution is 5.74. The number of rotatable bonds is 6. The predicted molar refractivity (Wildman–Crippen MR) is 79.4 cm³/mol. The quantitative estimate of drug-likeness (QED) is 0.842. The van der Waals surface area contributed by atoms with Crippen LogP contribution in [0.15, 0.2) is 18.2 Å². The Kier molecular flexibility index (Phi) is 6.15. The molecule has 2 atom stereocenters. The van der Waals surface area contributed by atoms with E-state index in [4.69, 9.17) is 9.47 Å². The standard InChI is InChI=1S/C15H24N2O3/c1-6-10(2)16-15(18)17-11(3)13-9-12(19-4)7-8-14(13)20-5/h7-11H,6H2,1-5H3,(H2,16,17,18)/t10-,11-/m1/s1. The average Bonchev–Trinajstić information content (AvgIpc) is 2.45. The molecular weight excluding hydrogens is 256 g/mol. The fourth-order valence-electron chi connectivity index (χ4n) is 1.82. The number of carbonyl (C=O) groups is 1. The van der Waals surface area contributed by atoms with Crippen LogP contribution in [0.1, 0.15) is 38.8 Å². The van der Waals surface area contributed by atoms with Gasteiger partial charge in [0.15, 0.2) is 0 Å². The van der Waals surface area contributed by atoms with Crippen LogP contribution in [0.5, 0.6) is 11.5 Å². The lowest BCUT2D eigenvalue weighted by molar-refractivity contribution is 0.234. The zero-order valence-corrected chi connectivity index (χ0v) is 12.8. The number of amides is 2. The third-order valence-electron chi connectivity index (χ3n) is 3.24. The molecule has 20 heavy (non-hydrogen) atoms. The van der Waals surface area contributed by atoms with Crippen LogP contribution < -0.4 is 20.1 Å². The summed E-state index contributed by atoms with van der Waals surface area (Å²) in [6.45, 7) is 5.91. The third kappa shape index (κ3) is 4.33. The van der Waals surface area contributed by atoms with E-state index in [-0.39, 0.29) is 18.1 Å². The summed E-state index contributed by atoms with van der Waals surface area (Å²) in [5, 5.41) is 5.78. The van der Waals surface area contributed by atoms with Crippen molar-refractivity contribution in [3.8, 4) is 11.5 Å². The summed E-state index contributed by atoms with van der Waals surface area (Å²) < 4.78 is 10.5. The Hall–Kier alpha value is -1.91. The number of ether oxygens (including phenoxy) is 2. The maximum absolute atomic E-state index is 11.9. The molecule has 0 saturated carbocycles. The summed E-state index contributed by atoms with van der Waals surface area (Å²) in [6.07, 6.45) is 0.893. The van der Waals surface area contributed by atoms with Crippen molar-refractivity contribution in [3.05, 3.63) is 23.8 Å². The molecule has 1 aromatic rings. The van der Waals surface area contributed by atoms with Crippen molar-refractivity contribution in [1.29, 1.82) is 0 Å². The highest BCUT2D eigenvalue weighted by atomic mass is 16.5. The van der Waals surface area contributed by atoms with Crippen LogP contribution in [-0.2, 0) is 0 Å². The van der Waals surface area contributed by atoms with Gasteiger partial charge in [-0.05, 0) is 38.5 Å². The number of carbonyl (C=O) groups excluding carboxylic acids is 1. The molecule has 5 nitrogen and oxygen atoms in total. The van der Waals surface area contributed by atoms with Gasteiger partial charge in [0.2, 0.25) is 0 Å². The molecule has 0 aliphatic carbocycles. The largest absolute Gasteiger partial charge is 0.497 e. The molecule has 5 heteroatoms. The number of hydrogen-bond acceptors (Lipinski definition) is 3. The van der Waals surface area contributed by atoms with Gasteiger partial charge in [-0.2, -0.15) is 0 Å². The highest BCUT2D eigenvalue weighted by Gasteiger charge is 2.15. The van der Waals surface area contributed by atoms with Gasteiger partial charge in [0.25, 0.3) is 0 Å². The van der Waals surface area contributed by atoms with Crippen LogP contribution in [-0.4, -0.2) is 26.3 Å². The summed E-state index contributed by atoms with van der Waals surface area (Å²) in [7, 11) is 3.22. The lowest BCUT2D eigenvalue weighted by atomic mass is 10.1. The summed E-state index contributed by atoms with van der Waals surface area (Å²) in [5.41, 5.74) is 0.881. The number of nitrogens with one attached hydrogen (secondary N) is 2. The van der Waals surface area contributed by atoms with E-state index in [1.807, 2.05) is 39.0 Å². The molecule has 0 aromatic heterocycles. The van der Waals surface area contributed by atoms with Gasteiger partial charge in [0.05, 0.1) is 20.3 Å². The van der Waals surface area contributed by atoms with Gasteiger partial charge in [-0.15, -0.1) is 0 Å². The molecule has 0 unspecified atom stereocenters. The van der Waals surface area contributed by atoms with E-state index < -0.39 is 0 Å². The van der Waals surface area contributed by atoms with Crippen LogP contribution >= 0.6 is 0 Å². The maximum Gasteiger partial charge on any atom is 0.315 e. The summed E-state index contributed by atoms with van der Waals surface area (Å²) >= 11 is 0. The van der Waals surface area contributed by atoms with Gasteiger partial charge in [0, 0.05) is 11.6 Å². The van der Waals surface area contributed by atoms with Crippen molar-refractivity contribution in [3.63, 3.8) is 0 Å². The molecule has 0 aliphatic heterocycles. The first-order chi connectivity index (χ1) is 9.51. The molecule has 0 spiro atoms. The zero-order valence-electron chi connectivity index (χ0n) is 12.8. The van der Waals surface area contributed by atoms with Gasteiger partial charge < -0.3 is 20.1 Å². The van der Waals surface area contributed by atoms with E-state index in [2.05, 4.69) is 10.6 Å². The van der Waals surface area contributed by atoms with Crippen LogP contribution in [0.25, 0.3) is 0 Å². The van der Waals surface area contributed by atoms with Crippen molar-refractivity contribution in [2.45, 2.75) is 39.3 Å². The summed E-state index contributed by atoms with van der Waals surface area (Å²) in [6, 6.07) is 5.32. The molecule has 0 heterocycles. The molecule has 1 aromatic carbocycles. The lowest BCUT2D eigenvalue weighted by Gasteiger charge is -2.20. The molecule has 0 aliphatic rings. The van der Waals surface area contributed by atoms with E-state index in [0.717, 1.165) is 23.5 Å². The van der Waals surface area contributed by atoms with Crippen molar-refractivity contribution in [2.75, 3.05) is 14.2 Å². The first-order valence-corrected chi connectivity index (χ1v) is 6.80. The van der Waals surface area contributed by atoms with Crippen LogP contribution in [0.4, 0.5) is 4.79 Å². The van der Waals surface area contributed by atoms with Gasteiger partial charge in [-0.3, -0.25) is 0 Å². The highest BCUT2D eigenvalue weighted by Crippen LogP contribution is 2.29. The van der Waals surface area contributed by atoms with E-state index in [1.54, 1.807) is 14.2 Å². The minimum absolute atomic E-state index is 0.148. The fourth-order valence-corrected chi connectivity index (χ4v) is 1.82. The molecule has 2 N–H and O–H groups in total. The summed E-state index contributed by atoms with van der Waals surface area (Å²) in [5.74, 6) is 1.46. The third-order valence-corrected chi connectivity index (χ3v) is 3.24. The smallest absolute Gasteiger partial charge is 0.315 e. The van der Waals surface area contributed by atoms with E-state index >= 15 is 0 Å². The Balaban J connectivity index is 2.80. The molecule has 0 saturated heterocycles. The van der Waals surface area contributed by atoms with Crippen LogP contribution in [0, 0.1) is 0 Å². The second-order valence-electron chi connectivity index (χ2n) is 4.76. The van der Waals surface area contributed by atoms with Crippen molar-refractivity contribution < 1.29 is 14.3 Å². The number of urea groups is 1. The molecule has 2 amide bonds. The van der Waals surface area contributed by atoms with Gasteiger partial charge in [-0.25, -0.2) is 4.79 Å². The zero-order chi connectivity index (χ0) is 15.1. The first-order valence-electron chi connectivity index (χ1n) is 6.80. The van der Waals surface area contributed by atoms with Crippen molar-refractivity contribution in [1.82, 2.24) is 10.6 Å². The average molecular weight is 280 g/mol. The Morgan fingerprint density at radius 1 is 1.20 bits per heavy atom. The van der Waals surface area contributed by atoms with Crippen LogP contribution in [0.3, 0.4) is 0 Å². The number of benzene rings is 1. The summed E-state index contributed by atoms with van der Waals surface area (Å²) in [4.78, 5) is 11.9. The molecule has 0 fully saturated rings. The van der Waals surface area contributed by atoms with Crippen LogP contribution in [0.2, 0.25) is 0 Å². The minimum Gasteiger partial charge on any atom is -0.497 e. The second kappa shape index (κ2) is 7.62. The second-order valence-corrected chi connectivity index (χ2v) is 4.76. The molecule has 1 rings (SSSR count). The number of methoxy groups -OCH3 is 2. The predicted octanol–water partition coefficient (Wildman–Crippen LogP) is 2.86. The van der Waals surface area contributed by atoms with Gasteiger partial charge in [0.1, 0.15) is 11.5 Å². The SMILES string of the molecule is CC[C@@H](C)NC(=O)N[C@H](C)c1cc(OC)ccc1OC. The van der Waals surface area contributed by atoms with Gasteiger partial charge >= 0.3 is 6.03 Å². The monoisotopic (exact) mass is 280 g/mol. The molecule has 0 radical (unpaired) electrons. The topological polar surface area (TPSA) is 59.6 Å². The Morgan fingerprint density at radius 2 is 1.90 bits per heavy atom. The molecular formula is C15H24N2O3. The lowest BCUT2D eigenvalue weighted by Crippen LogP contribution is -2.41. The van der Waals surface area contributed by atoms with E-state index in [1.165, 1.54) is 0 Å². The van der Waals surface area contributed by atoms with Gasteiger partial charge in [-0.1, -0.05) is 6.92 Å². The van der Waals surface area contributed by atoms with E-state index in [9.17, 15) is 4.79 Å². The van der Waals surface area contributed by atoms with Crippen molar-refractivity contribution in [2.24, 2.45) is 0 Å². The fraction of sp³-hybridized carbons (Fsp3) is 0.533. The maximum atomic E-state index is 11.9. The number of hydrogen-bond donors (Lipinski definition) is 2. The van der Waals surface area contributed by atoms with Crippen molar-refractivity contribution >= 4 is 6.03 Å². The Bertz CT molecular complexity index is 449. The molecule has 112 valence electrons. The minimum atomic E-state index is -0.184. The Labute approximate surface area is 120 Å².